The molecule has 1 fully saturated rings. The van der Waals surface area contributed by atoms with Crippen molar-refractivity contribution in [3.63, 3.8) is 0 Å². The molecule has 0 bridgehead atoms. The molecule has 0 aromatic heterocycles. The minimum atomic E-state index is -0.219. The molecule has 7 heteroatoms. The lowest BCUT2D eigenvalue weighted by Gasteiger charge is -2.36. The molecule has 2 aromatic carbocycles. The molecule has 0 spiro atoms. The van der Waals surface area contributed by atoms with Crippen molar-refractivity contribution in [1.82, 2.24) is 10.2 Å². The highest BCUT2D eigenvalue weighted by Gasteiger charge is 2.27. The van der Waals surface area contributed by atoms with Gasteiger partial charge in [-0.2, -0.15) is 0 Å². The number of rotatable bonds is 3. The summed E-state index contributed by atoms with van der Waals surface area (Å²) in [5, 5.41) is 3.09. The van der Waals surface area contributed by atoms with Crippen molar-refractivity contribution < 1.29 is 4.79 Å². The number of thioether (sulfide) groups is 1. The van der Waals surface area contributed by atoms with Crippen LogP contribution in [0.5, 0.6) is 0 Å². The number of likely N-dealkylation sites (tertiary alicyclic amines) is 1. The zero-order chi connectivity index (χ0) is 23.4. The highest BCUT2D eigenvalue weighted by Crippen LogP contribution is 2.34. The molecule has 5 nitrogen and oxygen atoms in total. The average molecular weight is 479 g/mol. The first kappa shape index (κ1) is 23.6. The number of fused-ring (bicyclic) bond motifs is 1. The molecule has 2 heterocycles. The van der Waals surface area contributed by atoms with E-state index in [1.54, 1.807) is 0 Å². The third kappa shape index (κ3) is 5.89. The molecule has 2 aromatic rings. The smallest absolute Gasteiger partial charge is 0.235 e. The second-order valence-electron chi connectivity index (χ2n) is 9.04. The van der Waals surface area contributed by atoms with Crippen molar-refractivity contribution in [2.45, 2.75) is 33.1 Å². The predicted molar refractivity (Wildman–Crippen MR) is 143 cm³/mol. The van der Waals surface area contributed by atoms with Gasteiger partial charge in [-0.25, -0.2) is 4.99 Å². The number of hydrogen-bond donors (Lipinski definition) is 1. The highest BCUT2D eigenvalue weighted by atomic mass is 32.2. The third-order valence-corrected chi connectivity index (χ3v) is 7.49. The molecule has 0 radical (unpaired) electrons. The molecule has 2 aliphatic heterocycles. The highest BCUT2D eigenvalue weighted by molar-refractivity contribution is 8.23. The summed E-state index contributed by atoms with van der Waals surface area (Å²) < 4.78 is 0.800. The van der Waals surface area contributed by atoms with Crippen LogP contribution < -0.4 is 5.32 Å². The number of benzene rings is 2. The quantitative estimate of drug-likeness (QED) is 0.574. The van der Waals surface area contributed by atoms with Gasteiger partial charge in [-0.1, -0.05) is 80.3 Å². The Kier molecular flexibility index (Phi) is 7.60. The Bertz CT molecular complexity index is 1070. The Morgan fingerprint density at radius 3 is 2.30 bits per heavy atom. The van der Waals surface area contributed by atoms with E-state index in [1.165, 1.54) is 18.2 Å². The van der Waals surface area contributed by atoms with Gasteiger partial charge in [-0.15, -0.1) is 0 Å². The number of amidine groups is 1. The Morgan fingerprint density at radius 2 is 1.64 bits per heavy atom. The van der Waals surface area contributed by atoms with E-state index in [0.717, 1.165) is 40.1 Å². The van der Waals surface area contributed by atoms with Gasteiger partial charge in [0.1, 0.15) is 10.2 Å². The summed E-state index contributed by atoms with van der Waals surface area (Å²) >= 11 is 7.09. The molecule has 0 unspecified atom stereocenters. The Morgan fingerprint density at radius 1 is 1.03 bits per heavy atom. The minimum Gasteiger partial charge on any atom is -0.357 e. The van der Waals surface area contributed by atoms with Gasteiger partial charge < -0.3 is 10.2 Å². The molecule has 33 heavy (non-hydrogen) atoms. The van der Waals surface area contributed by atoms with Crippen LogP contribution in [0.1, 0.15) is 38.7 Å². The normalized spacial score (nSPS) is 22.5. The largest absolute Gasteiger partial charge is 0.357 e. The van der Waals surface area contributed by atoms with Crippen LogP contribution in [0.4, 0.5) is 11.4 Å². The molecule has 3 atom stereocenters. The van der Waals surface area contributed by atoms with Gasteiger partial charge in [0.05, 0.1) is 23.0 Å². The second-order valence-corrected chi connectivity index (χ2v) is 10.6. The van der Waals surface area contributed by atoms with Gasteiger partial charge in [0.25, 0.3) is 0 Å². The number of nitrogens with zero attached hydrogens (tertiary/aromatic N) is 3. The lowest BCUT2D eigenvalue weighted by atomic mass is 9.92. The van der Waals surface area contributed by atoms with Crippen molar-refractivity contribution in [2.75, 3.05) is 18.8 Å². The lowest BCUT2D eigenvalue weighted by molar-refractivity contribution is -0.117. The van der Waals surface area contributed by atoms with Crippen LogP contribution in [0.15, 0.2) is 64.6 Å². The maximum atomic E-state index is 13.0. The number of hydrogen-bond acceptors (Lipinski definition) is 5. The van der Waals surface area contributed by atoms with Gasteiger partial charge in [0, 0.05) is 18.8 Å². The topological polar surface area (TPSA) is 57.1 Å². The zero-order valence-electron chi connectivity index (χ0n) is 19.3. The molecule has 2 aliphatic rings. The van der Waals surface area contributed by atoms with Crippen molar-refractivity contribution in [3.05, 3.63) is 60.2 Å². The maximum absolute atomic E-state index is 13.0. The fourth-order valence-electron chi connectivity index (χ4n) is 4.65. The van der Waals surface area contributed by atoms with E-state index < -0.39 is 0 Å². The molecule has 1 amide bonds. The average Bonchev–Trinajstić information content (AvgIpc) is 2.92. The van der Waals surface area contributed by atoms with Crippen LogP contribution in [-0.2, 0) is 4.79 Å². The van der Waals surface area contributed by atoms with E-state index in [4.69, 9.17) is 22.2 Å². The summed E-state index contributed by atoms with van der Waals surface area (Å²) in [6.07, 6.45) is 1.23. The van der Waals surface area contributed by atoms with Gasteiger partial charge in [0.2, 0.25) is 5.91 Å². The standard InChI is InChI=1S/C26H30N4OS2/c1-17-13-18(2)15-30(14-17)26(32)33-16-23(31)29-25-24(20-9-5-4-6-10-20)19(3)27-21-11-7-8-12-22(21)28-25/h4-12,17-18,24H,13-16H2,1-3H3,(H,28,29,31)/t17-,18-,24-/m1/s1. The van der Waals surface area contributed by atoms with E-state index in [1.807, 2.05) is 61.5 Å². The first-order chi connectivity index (χ1) is 15.9. The maximum Gasteiger partial charge on any atom is 0.235 e. The first-order valence-corrected chi connectivity index (χ1v) is 12.8. The summed E-state index contributed by atoms with van der Waals surface area (Å²) in [4.78, 5) is 24.9. The summed E-state index contributed by atoms with van der Waals surface area (Å²) in [7, 11) is 0. The molecule has 172 valence electrons. The van der Waals surface area contributed by atoms with Crippen LogP contribution in [0.25, 0.3) is 0 Å². The SMILES string of the molecule is CC1=Nc2ccccc2N=C(NC(=O)CSC(=S)N2C[C@H](C)C[C@@H](C)C2)[C@H]1c1ccccc1. The van der Waals surface area contributed by atoms with E-state index in [0.29, 0.717) is 17.7 Å². The summed E-state index contributed by atoms with van der Waals surface area (Å²) in [6, 6.07) is 17.8. The molecular weight excluding hydrogens is 448 g/mol. The van der Waals surface area contributed by atoms with Crippen LogP contribution >= 0.6 is 24.0 Å². The van der Waals surface area contributed by atoms with E-state index >= 15 is 0 Å². The van der Waals surface area contributed by atoms with Crippen molar-refractivity contribution >= 4 is 57.1 Å². The second kappa shape index (κ2) is 10.6. The molecular formula is C26H30N4OS2. The fourth-order valence-corrected chi connectivity index (χ4v) is 5.64. The van der Waals surface area contributed by atoms with E-state index in [9.17, 15) is 4.79 Å². The monoisotopic (exact) mass is 478 g/mol. The van der Waals surface area contributed by atoms with E-state index in [2.05, 4.69) is 24.1 Å². The summed E-state index contributed by atoms with van der Waals surface area (Å²) in [5.41, 5.74) is 3.50. The van der Waals surface area contributed by atoms with Gasteiger partial charge >= 0.3 is 0 Å². The van der Waals surface area contributed by atoms with Crippen molar-refractivity contribution in [2.24, 2.45) is 21.8 Å². The number of nitrogens with one attached hydrogen (secondary N) is 1. The third-order valence-electron chi connectivity index (χ3n) is 5.96. The molecule has 4 rings (SSSR count). The number of thiocarbonyl (C=S) groups is 1. The predicted octanol–water partition coefficient (Wildman–Crippen LogP) is 5.72. The number of carbonyl (C=O) groups is 1. The Hall–Kier alpha value is -2.51. The number of para-hydroxylation sites is 2. The first-order valence-electron chi connectivity index (χ1n) is 11.4. The minimum absolute atomic E-state index is 0.104. The summed E-state index contributed by atoms with van der Waals surface area (Å²) in [5.74, 6) is 1.78. The van der Waals surface area contributed by atoms with Crippen molar-refractivity contribution in [3.8, 4) is 0 Å². The number of amides is 1. The van der Waals surface area contributed by atoms with Crippen LogP contribution in [-0.4, -0.2) is 45.5 Å². The number of carbonyl (C=O) groups excluding carboxylic acids is 1. The van der Waals surface area contributed by atoms with E-state index in [-0.39, 0.29) is 17.6 Å². The van der Waals surface area contributed by atoms with Crippen LogP contribution in [0.3, 0.4) is 0 Å². The fraction of sp³-hybridized carbons (Fsp3) is 0.385. The molecule has 1 N–H and O–H groups in total. The summed E-state index contributed by atoms with van der Waals surface area (Å²) in [6.45, 7) is 8.45. The van der Waals surface area contributed by atoms with Gasteiger partial charge in [-0.05, 0) is 42.9 Å². The molecule has 1 saturated heterocycles. The number of aliphatic imine (C=N–C) groups is 2. The molecule has 0 saturated carbocycles. The van der Waals surface area contributed by atoms with Gasteiger partial charge in [-0.3, -0.25) is 9.79 Å². The molecule has 0 aliphatic carbocycles. The number of piperidine rings is 1. The Labute approximate surface area is 205 Å². The Balaban J connectivity index is 1.50. The van der Waals surface area contributed by atoms with Crippen LogP contribution in [0.2, 0.25) is 0 Å². The van der Waals surface area contributed by atoms with Gasteiger partial charge in [0.15, 0.2) is 0 Å². The van der Waals surface area contributed by atoms with Crippen molar-refractivity contribution in [1.29, 1.82) is 0 Å². The lowest BCUT2D eigenvalue weighted by Crippen LogP contribution is -2.42. The zero-order valence-corrected chi connectivity index (χ0v) is 21.0. The van der Waals surface area contributed by atoms with Crippen LogP contribution in [0, 0.1) is 11.8 Å².